The maximum atomic E-state index is 13.5. The predicted octanol–water partition coefficient (Wildman–Crippen LogP) is 4.24. The molecule has 1 aliphatic carbocycles. The summed E-state index contributed by atoms with van der Waals surface area (Å²) in [6, 6.07) is 3.36. The third-order valence-corrected chi connectivity index (χ3v) is 4.20. The van der Waals surface area contributed by atoms with Crippen molar-refractivity contribution in [2.24, 2.45) is 11.8 Å². The van der Waals surface area contributed by atoms with Gasteiger partial charge in [0.1, 0.15) is 11.6 Å². The molecule has 0 amide bonds. The number of aliphatic hydroxyl groups excluding tert-OH is 1. The van der Waals surface area contributed by atoms with Crippen LogP contribution < -0.4 is 0 Å². The highest BCUT2D eigenvalue weighted by Crippen LogP contribution is 2.41. The molecule has 3 unspecified atom stereocenters. The van der Waals surface area contributed by atoms with Gasteiger partial charge in [-0.25, -0.2) is 8.78 Å². The normalized spacial score (nSPS) is 24.9. The topological polar surface area (TPSA) is 20.2 Å². The van der Waals surface area contributed by atoms with Gasteiger partial charge in [0.15, 0.2) is 0 Å². The average molecular weight is 308 g/mol. The lowest BCUT2D eigenvalue weighted by Gasteiger charge is -2.33. The van der Waals surface area contributed by atoms with Crippen LogP contribution in [0.3, 0.4) is 0 Å². The van der Waals surface area contributed by atoms with E-state index in [9.17, 15) is 27.1 Å². The van der Waals surface area contributed by atoms with E-state index in [1.165, 1.54) is 6.07 Å². The first kappa shape index (κ1) is 16.2. The number of hydrogen-bond donors (Lipinski definition) is 1. The van der Waals surface area contributed by atoms with Gasteiger partial charge < -0.3 is 5.11 Å². The largest absolute Gasteiger partial charge is 0.392 e. The molecule has 0 spiro atoms. The lowest BCUT2D eigenvalue weighted by Crippen LogP contribution is -2.34. The van der Waals surface area contributed by atoms with Gasteiger partial charge in [-0.2, -0.15) is 13.2 Å². The molecule has 2 rings (SSSR count). The molecule has 1 aliphatic rings. The summed E-state index contributed by atoms with van der Waals surface area (Å²) in [6.07, 6.45) is -5.05. The Hall–Kier alpha value is -1.17. The molecule has 21 heavy (non-hydrogen) atoms. The molecule has 0 aromatic heterocycles. The van der Waals surface area contributed by atoms with E-state index >= 15 is 0 Å². The van der Waals surface area contributed by atoms with Crippen LogP contribution in [0, 0.1) is 23.5 Å². The van der Waals surface area contributed by atoms with Crippen LogP contribution in [0.2, 0.25) is 0 Å². The molecule has 0 aliphatic heterocycles. The van der Waals surface area contributed by atoms with Gasteiger partial charge in [-0.05, 0) is 37.3 Å². The highest BCUT2D eigenvalue weighted by molar-refractivity contribution is 5.20. The fourth-order valence-electron chi connectivity index (χ4n) is 2.98. The van der Waals surface area contributed by atoms with Crippen molar-refractivity contribution in [3.8, 4) is 0 Å². The summed E-state index contributed by atoms with van der Waals surface area (Å²) < 4.78 is 65.2. The van der Waals surface area contributed by atoms with E-state index < -0.39 is 35.8 Å². The van der Waals surface area contributed by atoms with Crippen molar-refractivity contribution in [2.75, 3.05) is 0 Å². The van der Waals surface area contributed by atoms with Crippen molar-refractivity contribution in [1.29, 1.82) is 0 Å². The van der Waals surface area contributed by atoms with Gasteiger partial charge >= 0.3 is 6.18 Å². The smallest absolute Gasteiger partial charge is 0.391 e. The van der Waals surface area contributed by atoms with E-state index in [1.54, 1.807) is 0 Å². The second-order valence-corrected chi connectivity index (χ2v) is 5.64. The number of hydrogen-bond acceptors (Lipinski definition) is 1. The number of halogens is 5. The molecule has 1 saturated carbocycles. The van der Waals surface area contributed by atoms with Crippen molar-refractivity contribution in [1.82, 2.24) is 0 Å². The molecule has 1 aromatic rings. The second-order valence-electron chi connectivity index (χ2n) is 5.64. The lowest BCUT2D eigenvalue weighted by atomic mass is 9.77. The van der Waals surface area contributed by atoms with Gasteiger partial charge in [-0.15, -0.1) is 0 Å². The molecular weight excluding hydrogens is 291 g/mol. The van der Waals surface area contributed by atoms with Gasteiger partial charge in [0.25, 0.3) is 0 Å². The fourth-order valence-corrected chi connectivity index (χ4v) is 2.98. The van der Waals surface area contributed by atoms with Crippen LogP contribution in [0.15, 0.2) is 18.2 Å². The summed E-state index contributed by atoms with van der Waals surface area (Å²) in [4.78, 5) is 0. The maximum absolute atomic E-state index is 13.5. The molecule has 1 aromatic carbocycles. The quantitative estimate of drug-likeness (QED) is 0.828. The number of aliphatic hydroxyl groups is 1. The van der Waals surface area contributed by atoms with Gasteiger partial charge in [0, 0.05) is 12.0 Å². The standard InChI is InChI=1S/C15H17F5O/c16-12-5-2-6-13(17)11(12)8-14(21)9-3-1-4-10(7-9)15(18,19)20/h2,5-6,9-10,14,21H,1,3-4,7-8H2. The van der Waals surface area contributed by atoms with Gasteiger partial charge in [0.05, 0.1) is 12.0 Å². The molecule has 0 radical (unpaired) electrons. The highest BCUT2D eigenvalue weighted by atomic mass is 19.4. The first-order chi connectivity index (χ1) is 9.79. The summed E-state index contributed by atoms with van der Waals surface area (Å²) in [5.41, 5.74) is -0.265. The minimum absolute atomic E-state index is 0.0563. The summed E-state index contributed by atoms with van der Waals surface area (Å²) in [5.74, 6) is -3.57. The molecule has 1 N–H and O–H groups in total. The molecule has 6 heteroatoms. The van der Waals surface area contributed by atoms with Crippen molar-refractivity contribution < 1.29 is 27.1 Å². The summed E-state index contributed by atoms with van der Waals surface area (Å²) in [5, 5.41) is 10.1. The van der Waals surface area contributed by atoms with Crippen LogP contribution in [0.1, 0.15) is 31.2 Å². The molecule has 1 fully saturated rings. The molecular formula is C15H17F5O. The Kier molecular flexibility index (Phi) is 4.86. The Balaban J connectivity index is 2.05. The minimum Gasteiger partial charge on any atom is -0.392 e. The Labute approximate surface area is 119 Å². The van der Waals surface area contributed by atoms with Crippen LogP contribution >= 0.6 is 0 Å². The van der Waals surface area contributed by atoms with E-state index in [2.05, 4.69) is 0 Å². The zero-order chi connectivity index (χ0) is 15.6. The van der Waals surface area contributed by atoms with Crippen LogP contribution in [0.5, 0.6) is 0 Å². The third kappa shape index (κ3) is 3.93. The lowest BCUT2D eigenvalue weighted by molar-refractivity contribution is -0.188. The monoisotopic (exact) mass is 308 g/mol. The van der Waals surface area contributed by atoms with Gasteiger partial charge in [-0.3, -0.25) is 0 Å². The molecule has 0 heterocycles. The van der Waals surface area contributed by atoms with E-state index in [-0.39, 0.29) is 24.8 Å². The fraction of sp³-hybridized carbons (Fsp3) is 0.600. The Morgan fingerprint density at radius 1 is 1.14 bits per heavy atom. The van der Waals surface area contributed by atoms with E-state index in [4.69, 9.17) is 0 Å². The van der Waals surface area contributed by atoms with Crippen molar-refractivity contribution in [3.63, 3.8) is 0 Å². The molecule has 3 atom stereocenters. The van der Waals surface area contributed by atoms with Crippen molar-refractivity contribution >= 4 is 0 Å². The van der Waals surface area contributed by atoms with Gasteiger partial charge in [0.2, 0.25) is 0 Å². The zero-order valence-corrected chi connectivity index (χ0v) is 11.3. The number of alkyl halides is 3. The third-order valence-electron chi connectivity index (χ3n) is 4.20. The average Bonchev–Trinajstić information content (AvgIpc) is 2.42. The minimum atomic E-state index is -4.28. The molecule has 1 nitrogen and oxygen atoms in total. The number of rotatable bonds is 3. The highest BCUT2D eigenvalue weighted by Gasteiger charge is 2.43. The summed E-state index contributed by atoms with van der Waals surface area (Å²) in [6.45, 7) is 0. The van der Waals surface area contributed by atoms with E-state index in [0.717, 1.165) is 12.1 Å². The Bertz CT molecular complexity index is 465. The molecule has 118 valence electrons. The van der Waals surface area contributed by atoms with Crippen LogP contribution in [-0.2, 0) is 6.42 Å². The van der Waals surface area contributed by atoms with Crippen LogP contribution in [0.4, 0.5) is 22.0 Å². The van der Waals surface area contributed by atoms with Crippen molar-refractivity contribution in [2.45, 2.75) is 44.4 Å². The Morgan fingerprint density at radius 2 is 1.76 bits per heavy atom. The van der Waals surface area contributed by atoms with Gasteiger partial charge in [-0.1, -0.05) is 12.5 Å². The molecule has 0 bridgehead atoms. The first-order valence-corrected chi connectivity index (χ1v) is 6.96. The molecule has 0 saturated heterocycles. The zero-order valence-electron chi connectivity index (χ0n) is 11.3. The van der Waals surface area contributed by atoms with E-state index in [0.29, 0.717) is 12.8 Å². The second kappa shape index (κ2) is 6.30. The predicted molar refractivity (Wildman–Crippen MR) is 67.6 cm³/mol. The van der Waals surface area contributed by atoms with Crippen LogP contribution in [0.25, 0.3) is 0 Å². The van der Waals surface area contributed by atoms with Crippen molar-refractivity contribution in [3.05, 3.63) is 35.4 Å². The Morgan fingerprint density at radius 3 is 2.33 bits per heavy atom. The van der Waals surface area contributed by atoms with E-state index in [1.807, 2.05) is 0 Å². The van der Waals surface area contributed by atoms with Crippen LogP contribution in [-0.4, -0.2) is 17.4 Å². The summed E-state index contributed by atoms with van der Waals surface area (Å²) in [7, 11) is 0. The first-order valence-electron chi connectivity index (χ1n) is 6.96. The summed E-state index contributed by atoms with van der Waals surface area (Å²) >= 11 is 0. The number of benzene rings is 1. The maximum Gasteiger partial charge on any atom is 0.391 e. The SMILES string of the molecule is OC(Cc1c(F)cccc1F)C1CCCC(C(F)(F)F)C1.